The van der Waals surface area contributed by atoms with Gasteiger partial charge in [-0.25, -0.2) is 4.39 Å². The second kappa shape index (κ2) is 7.07. The van der Waals surface area contributed by atoms with Gasteiger partial charge in [0.25, 0.3) is 5.91 Å². The fourth-order valence-electron chi connectivity index (χ4n) is 1.68. The Morgan fingerprint density at radius 1 is 1.19 bits per heavy atom. The Morgan fingerprint density at radius 2 is 1.86 bits per heavy atom. The van der Waals surface area contributed by atoms with Gasteiger partial charge in [0.15, 0.2) is 0 Å². The maximum atomic E-state index is 12.5. The second-order valence-corrected chi connectivity index (χ2v) is 5.41. The largest absolute Gasteiger partial charge is 0.346 e. The lowest BCUT2D eigenvalue weighted by atomic mass is 10.2. The molecule has 0 spiro atoms. The Balaban J connectivity index is 2.11. The van der Waals surface area contributed by atoms with E-state index in [1.807, 2.05) is 0 Å². The lowest BCUT2D eigenvalue weighted by Crippen LogP contribution is -2.24. The molecule has 0 saturated carbocycles. The molecule has 0 bridgehead atoms. The van der Waals surface area contributed by atoms with Crippen LogP contribution in [0.25, 0.3) is 0 Å². The van der Waals surface area contributed by atoms with E-state index >= 15 is 0 Å². The summed E-state index contributed by atoms with van der Waals surface area (Å²) in [5.41, 5.74) is 1.01. The zero-order valence-corrected chi connectivity index (χ0v) is 12.9. The maximum Gasteiger partial charge on any atom is 0.254 e. The summed E-state index contributed by atoms with van der Waals surface area (Å²) in [6.45, 7) is -0.555. The quantitative estimate of drug-likeness (QED) is 0.888. The molecule has 0 aliphatic carbocycles. The van der Waals surface area contributed by atoms with E-state index in [2.05, 4.69) is 10.3 Å². The lowest BCUT2D eigenvalue weighted by molar-refractivity contribution is 0.0950. The van der Waals surface area contributed by atoms with Crippen LogP contribution in [0.3, 0.4) is 0 Å². The van der Waals surface area contributed by atoms with Crippen LogP contribution >= 0.6 is 34.8 Å². The van der Waals surface area contributed by atoms with Gasteiger partial charge in [-0.15, -0.1) is 0 Å². The highest BCUT2D eigenvalue weighted by atomic mass is 35.5. The minimum atomic E-state index is -0.644. The molecule has 0 radical (unpaired) electrons. The molecule has 2 aromatic rings. The van der Waals surface area contributed by atoms with Gasteiger partial charge in [0.05, 0.1) is 32.9 Å². The molecule has 0 aliphatic rings. The molecule has 0 unspecified atom stereocenters. The van der Waals surface area contributed by atoms with Crippen molar-refractivity contribution in [3.05, 3.63) is 62.4 Å². The summed E-state index contributed by atoms with van der Waals surface area (Å²) in [6.07, 6.45) is 1.37. The number of nitrogens with one attached hydrogen (secondary N) is 1. The van der Waals surface area contributed by atoms with E-state index < -0.39 is 12.6 Å². The molecule has 0 saturated heterocycles. The van der Waals surface area contributed by atoms with Crippen LogP contribution < -0.4 is 5.32 Å². The minimum absolute atomic E-state index is 0.0891. The summed E-state index contributed by atoms with van der Waals surface area (Å²) in [6, 6.07) is 6.27. The molecule has 7 heteroatoms. The van der Waals surface area contributed by atoms with Crippen molar-refractivity contribution in [1.29, 1.82) is 0 Å². The number of hydrogen-bond acceptors (Lipinski definition) is 2. The molecule has 110 valence electrons. The van der Waals surface area contributed by atoms with E-state index in [0.717, 1.165) is 0 Å². The van der Waals surface area contributed by atoms with Crippen LogP contribution in [0.15, 0.2) is 30.5 Å². The smallest absolute Gasteiger partial charge is 0.254 e. The molecule has 21 heavy (non-hydrogen) atoms. The number of alkyl halides is 1. The summed E-state index contributed by atoms with van der Waals surface area (Å²) >= 11 is 17.9. The highest BCUT2D eigenvalue weighted by Crippen LogP contribution is 2.24. The normalized spacial score (nSPS) is 10.5. The Morgan fingerprint density at radius 3 is 2.43 bits per heavy atom. The van der Waals surface area contributed by atoms with Gasteiger partial charge in [0.1, 0.15) is 6.67 Å². The molecule has 0 atom stereocenters. The molecule has 1 amide bonds. The predicted octanol–water partition coefficient (Wildman–Crippen LogP) is 4.44. The van der Waals surface area contributed by atoms with Gasteiger partial charge >= 0.3 is 0 Å². The molecular weight excluding hydrogens is 338 g/mol. The summed E-state index contributed by atoms with van der Waals surface area (Å²) < 4.78 is 12.5. The van der Waals surface area contributed by atoms with Crippen LogP contribution in [0, 0.1) is 0 Å². The molecule has 0 aliphatic heterocycles. The maximum absolute atomic E-state index is 12.5. The first-order chi connectivity index (χ1) is 10.0. The Kier molecular flexibility index (Phi) is 5.39. The average molecular weight is 348 g/mol. The topological polar surface area (TPSA) is 42.0 Å². The van der Waals surface area contributed by atoms with Crippen molar-refractivity contribution >= 4 is 40.7 Å². The number of halogens is 4. The van der Waals surface area contributed by atoms with Crippen molar-refractivity contribution in [1.82, 2.24) is 10.3 Å². The van der Waals surface area contributed by atoms with Gasteiger partial charge in [-0.2, -0.15) is 0 Å². The van der Waals surface area contributed by atoms with Crippen molar-refractivity contribution in [3.63, 3.8) is 0 Å². The molecule has 0 fully saturated rings. The molecule has 2 rings (SSSR count). The van der Waals surface area contributed by atoms with E-state index in [-0.39, 0.29) is 27.2 Å². The number of benzene rings is 1. The van der Waals surface area contributed by atoms with Crippen LogP contribution in [0.2, 0.25) is 15.1 Å². The summed E-state index contributed by atoms with van der Waals surface area (Å²) in [5, 5.41) is 3.43. The number of aromatic nitrogens is 1. The lowest BCUT2D eigenvalue weighted by Gasteiger charge is -2.09. The molecule has 3 nitrogen and oxygen atoms in total. The number of carbonyl (C=O) groups excluding carboxylic acids is 1. The van der Waals surface area contributed by atoms with E-state index in [1.165, 1.54) is 12.3 Å². The monoisotopic (exact) mass is 346 g/mol. The van der Waals surface area contributed by atoms with Crippen LogP contribution in [0.4, 0.5) is 4.39 Å². The first-order valence-electron chi connectivity index (χ1n) is 5.94. The predicted molar refractivity (Wildman–Crippen MR) is 81.7 cm³/mol. The van der Waals surface area contributed by atoms with Crippen molar-refractivity contribution in [2.75, 3.05) is 0 Å². The molecule has 1 heterocycles. The van der Waals surface area contributed by atoms with Crippen molar-refractivity contribution in [2.24, 2.45) is 0 Å². The number of amides is 1. The van der Waals surface area contributed by atoms with Gasteiger partial charge in [-0.05, 0) is 18.2 Å². The third-order valence-corrected chi connectivity index (χ3v) is 3.69. The minimum Gasteiger partial charge on any atom is -0.346 e. The molecule has 1 aromatic heterocycles. The van der Waals surface area contributed by atoms with E-state index in [1.54, 1.807) is 18.2 Å². The molecular formula is C14H10Cl3FN2O. The SMILES string of the molecule is O=C(NCc1ncc(CF)cc1Cl)c1c(Cl)cccc1Cl. The van der Waals surface area contributed by atoms with Crippen LogP contribution in [-0.4, -0.2) is 10.9 Å². The van der Waals surface area contributed by atoms with Crippen LogP contribution in [0.1, 0.15) is 21.6 Å². The van der Waals surface area contributed by atoms with Crippen molar-refractivity contribution in [2.45, 2.75) is 13.2 Å². The fraction of sp³-hybridized carbons (Fsp3) is 0.143. The van der Waals surface area contributed by atoms with Crippen LogP contribution in [-0.2, 0) is 13.2 Å². The third kappa shape index (κ3) is 3.84. The van der Waals surface area contributed by atoms with Gasteiger partial charge in [-0.1, -0.05) is 40.9 Å². The number of carbonyl (C=O) groups is 1. The fourth-order valence-corrected chi connectivity index (χ4v) is 2.50. The second-order valence-electron chi connectivity index (χ2n) is 4.19. The zero-order valence-electron chi connectivity index (χ0n) is 10.7. The van der Waals surface area contributed by atoms with Crippen LogP contribution in [0.5, 0.6) is 0 Å². The highest BCUT2D eigenvalue weighted by Gasteiger charge is 2.15. The van der Waals surface area contributed by atoms with E-state index in [0.29, 0.717) is 11.3 Å². The summed E-state index contributed by atoms with van der Waals surface area (Å²) in [5.74, 6) is -0.432. The number of hydrogen-bond donors (Lipinski definition) is 1. The average Bonchev–Trinajstić information content (AvgIpc) is 2.45. The Bertz CT molecular complexity index is 659. The van der Waals surface area contributed by atoms with Gasteiger partial charge in [-0.3, -0.25) is 9.78 Å². The first-order valence-corrected chi connectivity index (χ1v) is 7.07. The standard InChI is InChI=1S/C14H10Cl3FN2O/c15-9-2-1-3-10(16)13(9)14(21)20-7-12-11(17)4-8(5-18)6-19-12/h1-4,6H,5,7H2,(H,20,21). The number of nitrogens with zero attached hydrogens (tertiary/aromatic N) is 1. The highest BCUT2D eigenvalue weighted by molar-refractivity contribution is 6.39. The first kappa shape index (κ1) is 16.0. The molecule has 1 aromatic carbocycles. The summed E-state index contributed by atoms with van der Waals surface area (Å²) in [7, 11) is 0. The van der Waals surface area contributed by atoms with Gasteiger partial charge < -0.3 is 5.32 Å². The number of pyridine rings is 1. The van der Waals surface area contributed by atoms with Crippen molar-refractivity contribution in [3.8, 4) is 0 Å². The third-order valence-electron chi connectivity index (χ3n) is 2.73. The zero-order chi connectivity index (χ0) is 15.4. The van der Waals surface area contributed by atoms with E-state index in [9.17, 15) is 9.18 Å². The summed E-state index contributed by atoms with van der Waals surface area (Å²) in [4.78, 5) is 16.1. The van der Waals surface area contributed by atoms with Crippen molar-refractivity contribution < 1.29 is 9.18 Å². The number of rotatable bonds is 4. The Hall–Kier alpha value is -1.36. The Labute approximate surface area is 136 Å². The molecule has 1 N–H and O–H groups in total. The van der Waals surface area contributed by atoms with E-state index in [4.69, 9.17) is 34.8 Å². The van der Waals surface area contributed by atoms with Gasteiger partial charge in [0.2, 0.25) is 0 Å². The van der Waals surface area contributed by atoms with Gasteiger partial charge in [0, 0.05) is 11.8 Å².